The molecule has 1 aliphatic heterocycles. The van der Waals surface area contributed by atoms with Crippen molar-refractivity contribution in [3.05, 3.63) is 0 Å². The lowest BCUT2D eigenvalue weighted by Gasteiger charge is -2.19. The van der Waals surface area contributed by atoms with E-state index in [0.717, 1.165) is 25.7 Å². The average Bonchev–Trinajstić information content (AvgIpc) is 2.70. The maximum Gasteiger partial charge on any atom is 0.233 e. The highest BCUT2D eigenvalue weighted by atomic mass is 16.5. The SMILES string of the molecule is COCCNC(=O)CCN1C(=O)C2CCCCC2C1=O. The molecule has 1 saturated carbocycles. The monoisotopic (exact) mass is 282 g/mol. The van der Waals surface area contributed by atoms with Crippen molar-refractivity contribution < 1.29 is 19.1 Å². The fourth-order valence-electron chi connectivity index (χ4n) is 3.05. The second kappa shape index (κ2) is 6.83. The highest BCUT2D eigenvalue weighted by Crippen LogP contribution is 2.37. The summed E-state index contributed by atoms with van der Waals surface area (Å²) in [7, 11) is 1.56. The molecule has 1 N–H and O–H groups in total. The van der Waals surface area contributed by atoms with Crippen LogP contribution in [0.25, 0.3) is 0 Å². The lowest BCUT2D eigenvalue weighted by molar-refractivity contribution is -0.140. The van der Waals surface area contributed by atoms with Gasteiger partial charge in [-0.1, -0.05) is 12.8 Å². The number of carbonyl (C=O) groups is 3. The molecule has 0 radical (unpaired) electrons. The van der Waals surface area contributed by atoms with E-state index in [1.54, 1.807) is 7.11 Å². The van der Waals surface area contributed by atoms with E-state index in [-0.39, 0.29) is 42.5 Å². The van der Waals surface area contributed by atoms with Gasteiger partial charge in [0.25, 0.3) is 0 Å². The number of likely N-dealkylation sites (tertiary alicyclic amines) is 1. The minimum absolute atomic E-state index is 0.0793. The third-order valence-electron chi connectivity index (χ3n) is 4.12. The Hall–Kier alpha value is -1.43. The van der Waals surface area contributed by atoms with Gasteiger partial charge in [-0.25, -0.2) is 0 Å². The summed E-state index contributed by atoms with van der Waals surface area (Å²) < 4.78 is 4.84. The first kappa shape index (κ1) is 15.0. The number of carbonyl (C=O) groups excluding carboxylic acids is 3. The number of hydrogen-bond donors (Lipinski definition) is 1. The number of nitrogens with zero attached hydrogens (tertiary/aromatic N) is 1. The van der Waals surface area contributed by atoms with Gasteiger partial charge in [0.1, 0.15) is 0 Å². The van der Waals surface area contributed by atoms with Crippen molar-refractivity contribution in [2.24, 2.45) is 11.8 Å². The van der Waals surface area contributed by atoms with Crippen molar-refractivity contribution in [3.8, 4) is 0 Å². The molecule has 20 heavy (non-hydrogen) atoms. The van der Waals surface area contributed by atoms with Crippen LogP contribution < -0.4 is 5.32 Å². The summed E-state index contributed by atoms with van der Waals surface area (Å²) in [6.07, 6.45) is 3.83. The molecule has 0 bridgehead atoms. The first-order chi connectivity index (χ1) is 9.65. The average molecular weight is 282 g/mol. The fourth-order valence-corrected chi connectivity index (χ4v) is 3.05. The summed E-state index contributed by atoms with van der Waals surface area (Å²) in [6.45, 7) is 1.10. The Morgan fingerprint density at radius 1 is 1.25 bits per heavy atom. The summed E-state index contributed by atoms with van der Waals surface area (Å²) in [5.41, 5.74) is 0. The van der Waals surface area contributed by atoms with Crippen molar-refractivity contribution >= 4 is 17.7 Å². The van der Waals surface area contributed by atoms with E-state index in [2.05, 4.69) is 5.32 Å². The molecule has 0 spiro atoms. The summed E-state index contributed by atoms with van der Waals surface area (Å²) in [5, 5.41) is 2.69. The van der Waals surface area contributed by atoms with Gasteiger partial charge in [-0.15, -0.1) is 0 Å². The molecule has 1 aliphatic carbocycles. The van der Waals surface area contributed by atoms with Crippen LogP contribution in [0, 0.1) is 11.8 Å². The van der Waals surface area contributed by atoms with Gasteiger partial charge in [0, 0.05) is 26.6 Å². The van der Waals surface area contributed by atoms with Crippen LogP contribution in [0.15, 0.2) is 0 Å². The number of rotatable bonds is 6. The lowest BCUT2D eigenvalue weighted by Crippen LogP contribution is -2.36. The third kappa shape index (κ3) is 3.17. The van der Waals surface area contributed by atoms with Gasteiger partial charge in [0.05, 0.1) is 18.4 Å². The molecule has 2 unspecified atom stereocenters. The molecule has 112 valence electrons. The Morgan fingerprint density at radius 3 is 2.40 bits per heavy atom. The van der Waals surface area contributed by atoms with Gasteiger partial charge in [-0.3, -0.25) is 19.3 Å². The Morgan fingerprint density at radius 2 is 1.85 bits per heavy atom. The Labute approximate surface area is 118 Å². The third-order valence-corrected chi connectivity index (χ3v) is 4.12. The highest BCUT2D eigenvalue weighted by molar-refractivity contribution is 6.05. The van der Waals surface area contributed by atoms with Gasteiger partial charge in [0.15, 0.2) is 0 Å². The first-order valence-electron chi connectivity index (χ1n) is 7.26. The minimum Gasteiger partial charge on any atom is -0.383 e. The zero-order valence-electron chi connectivity index (χ0n) is 11.9. The molecule has 0 aromatic carbocycles. The number of hydrogen-bond acceptors (Lipinski definition) is 4. The van der Waals surface area contributed by atoms with Gasteiger partial charge in [-0.2, -0.15) is 0 Å². The van der Waals surface area contributed by atoms with Crippen LogP contribution in [0.4, 0.5) is 0 Å². The molecule has 2 aliphatic rings. The van der Waals surface area contributed by atoms with E-state index >= 15 is 0 Å². The van der Waals surface area contributed by atoms with Crippen LogP contribution >= 0.6 is 0 Å². The fraction of sp³-hybridized carbons (Fsp3) is 0.786. The van der Waals surface area contributed by atoms with Crippen molar-refractivity contribution in [3.63, 3.8) is 0 Å². The topological polar surface area (TPSA) is 75.7 Å². The summed E-state index contributed by atoms with van der Waals surface area (Å²) in [4.78, 5) is 37.2. The predicted octanol–water partition coefficient (Wildman–Crippen LogP) is 0.314. The summed E-state index contributed by atoms with van der Waals surface area (Å²) in [6, 6.07) is 0. The molecular weight excluding hydrogens is 260 g/mol. The Kier molecular flexibility index (Phi) is 5.11. The molecule has 1 heterocycles. The van der Waals surface area contributed by atoms with Crippen molar-refractivity contribution in [1.82, 2.24) is 10.2 Å². The van der Waals surface area contributed by atoms with Crippen LogP contribution in [0.3, 0.4) is 0 Å². The second-order valence-electron chi connectivity index (χ2n) is 5.42. The van der Waals surface area contributed by atoms with Gasteiger partial charge in [0.2, 0.25) is 17.7 Å². The van der Waals surface area contributed by atoms with Gasteiger partial charge in [-0.05, 0) is 12.8 Å². The zero-order valence-corrected chi connectivity index (χ0v) is 11.9. The number of amides is 3. The van der Waals surface area contributed by atoms with Gasteiger partial charge >= 0.3 is 0 Å². The minimum atomic E-state index is -0.155. The first-order valence-corrected chi connectivity index (χ1v) is 7.26. The van der Waals surface area contributed by atoms with E-state index < -0.39 is 0 Å². The number of methoxy groups -OCH3 is 1. The van der Waals surface area contributed by atoms with Crippen LogP contribution in [0.5, 0.6) is 0 Å². The lowest BCUT2D eigenvalue weighted by atomic mass is 9.81. The predicted molar refractivity (Wildman–Crippen MR) is 71.7 cm³/mol. The molecule has 6 heteroatoms. The standard InChI is InChI=1S/C14H22N2O4/c1-20-9-7-15-12(17)6-8-16-13(18)10-4-2-3-5-11(10)14(16)19/h10-11H,2-9H2,1H3,(H,15,17). The number of nitrogens with one attached hydrogen (secondary N) is 1. The van der Waals surface area contributed by atoms with Crippen LogP contribution in [-0.4, -0.2) is 49.4 Å². The maximum atomic E-state index is 12.2. The summed E-state index contributed by atoms with van der Waals surface area (Å²) >= 11 is 0. The molecule has 2 atom stereocenters. The van der Waals surface area contributed by atoms with E-state index in [1.807, 2.05) is 0 Å². The molecule has 0 aromatic heterocycles. The number of ether oxygens (including phenoxy) is 1. The van der Waals surface area contributed by atoms with Crippen molar-refractivity contribution in [1.29, 1.82) is 0 Å². The summed E-state index contributed by atoms with van der Waals surface area (Å²) in [5.74, 6) is -0.577. The van der Waals surface area contributed by atoms with Crippen molar-refractivity contribution in [2.45, 2.75) is 32.1 Å². The van der Waals surface area contributed by atoms with Crippen LogP contribution in [0.2, 0.25) is 0 Å². The van der Waals surface area contributed by atoms with Gasteiger partial charge < -0.3 is 10.1 Å². The Balaban J connectivity index is 1.82. The van der Waals surface area contributed by atoms with E-state index in [9.17, 15) is 14.4 Å². The quantitative estimate of drug-likeness (QED) is 0.562. The number of imide groups is 1. The normalized spacial score (nSPS) is 25.8. The molecule has 6 nitrogen and oxygen atoms in total. The molecule has 0 aromatic rings. The second-order valence-corrected chi connectivity index (χ2v) is 5.42. The van der Waals surface area contributed by atoms with Crippen LogP contribution in [0.1, 0.15) is 32.1 Å². The molecule has 1 saturated heterocycles. The molecule has 2 rings (SSSR count). The van der Waals surface area contributed by atoms with Crippen molar-refractivity contribution in [2.75, 3.05) is 26.8 Å². The molecule has 2 fully saturated rings. The number of fused-ring (bicyclic) bond motifs is 1. The van der Waals surface area contributed by atoms with E-state index in [0.29, 0.717) is 13.2 Å². The largest absolute Gasteiger partial charge is 0.383 e. The highest BCUT2D eigenvalue weighted by Gasteiger charge is 2.47. The van der Waals surface area contributed by atoms with E-state index in [4.69, 9.17) is 4.74 Å². The maximum absolute atomic E-state index is 12.2. The smallest absolute Gasteiger partial charge is 0.233 e. The molecular formula is C14H22N2O4. The van der Waals surface area contributed by atoms with E-state index in [1.165, 1.54) is 4.90 Å². The molecule has 3 amide bonds. The zero-order chi connectivity index (χ0) is 14.5. The van der Waals surface area contributed by atoms with Crippen LogP contribution in [-0.2, 0) is 19.1 Å². The Bertz CT molecular complexity index is 373.